The van der Waals surface area contributed by atoms with Crippen molar-refractivity contribution in [1.82, 2.24) is 24.4 Å². The van der Waals surface area contributed by atoms with Gasteiger partial charge in [0.25, 0.3) is 0 Å². The van der Waals surface area contributed by atoms with Crippen LogP contribution in [0.15, 0.2) is 30.3 Å². The Morgan fingerprint density at radius 2 is 2.04 bits per heavy atom. The zero-order chi connectivity index (χ0) is 15.6. The molecule has 0 saturated carbocycles. The second-order valence-electron chi connectivity index (χ2n) is 5.77. The summed E-state index contributed by atoms with van der Waals surface area (Å²) in [6.45, 7) is 8.21. The van der Waals surface area contributed by atoms with Crippen molar-refractivity contribution in [2.75, 3.05) is 31.1 Å². The van der Waals surface area contributed by atoms with E-state index < -0.39 is 0 Å². The van der Waals surface area contributed by atoms with Gasteiger partial charge in [-0.25, -0.2) is 15.0 Å². The van der Waals surface area contributed by atoms with Crippen LogP contribution in [0.25, 0.3) is 10.2 Å². The standard InChI is InChI=1S/C16H20N6S/c1-2-21-12-17-9-13(21)10-20-4-6-22(7-5-20)16-15-14(3-8-23-15)18-11-19-16/h3,8-9,11-12H,2,4-7,10H2,1H3. The van der Waals surface area contributed by atoms with E-state index in [0.717, 1.165) is 50.6 Å². The lowest BCUT2D eigenvalue weighted by Gasteiger charge is -2.35. The van der Waals surface area contributed by atoms with Crippen LogP contribution in [0, 0.1) is 0 Å². The molecule has 1 aliphatic rings. The summed E-state index contributed by atoms with van der Waals surface area (Å²) in [5.41, 5.74) is 2.35. The largest absolute Gasteiger partial charge is 0.353 e. The van der Waals surface area contributed by atoms with Crippen molar-refractivity contribution in [2.24, 2.45) is 0 Å². The third kappa shape index (κ3) is 2.82. The molecule has 3 aromatic heterocycles. The molecule has 6 nitrogen and oxygen atoms in total. The number of hydrogen-bond acceptors (Lipinski definition) is 6. The molecule has 0 unspecified atom stereocenters. The molecule has 120 valence electrons. The van der Waals surface area contributed by atoms with Crippen molar-refractivity contribution in [3.8, 4) is 0 Å². The average molecular weight is 328 g/mol. The van der Waals surface area contributed by atoms with E-state index in [1.165, 1.54) is 10.4 Å². The topological polar surface area (TPSA) is 50.1 Å². The van der Waals surface area contributed by atoms with E-state index in [9.17, 15) is 0 Å². The van der Waals surface area contributed by atoms with Gasteiger partial charge < -0.3 is 9.47 Å². The van der Waals surface area contributed by atoms with E-state index in [2.05, 4.69) is 47.7 Å². The summed E-state index contributed by atoms with van der Waals surface area (Å²) in [5.74, 6) is 1.09. The number of aryl methyl sites for hydroxylation is 1. The summed E-state index contributed by atoms with van der Waals surface area (Å²) in [4.78, 5) is 18.0. The second-order valence-corrected chi connectivity index (χ2v) is 6.68. The SMILES string of the molecule is CCn1cncc1CN1CCN(c2ncnc3ccsc23)CC1. The fourth-order valence-electron chi connectivity index (χ4n) is 3.11. The van der Waals surface area contributed by atoms with E-state index in [1.807, 2.05) is 12.5 Å². The molecule has 0 radical (unpaired) electrons. The van der Waals surface area contributed by atoms with Gasteiger partial charge in [-0.1, -0.05) is 0 Å². The molecule has 0 bridgehead atoms. The highest BCUT2D eigenvalue weighted by atomic mass is 32.1. The molecule has 3 aromatic rings. The maximum absolute atomic E-state index is 4.52. The van der Waals surface area contributed by atoms with Crippen LogP contribution in [-0.4, -0.2) is 50.6 Å². The first kappa shape index (κ1) is 14.6. The predicted octanol–water partition coefficient (Wildman–Crippen LogP) is 2.23. The van der Waals surface area contributed by atoms with Gasteiger partial charge in [0.1, 0.15) is 12.1 Å². The molecule has 1 aliphatic heterocycles. The van der Waals surface area contributed by atoms with Crippen molar-refractivity contribution >= 4 is 27.4 Å². The minimum atomic E-state index is 0.972. The zero-order valence-electron chi connectivity index (χ0n) is 13.2. The van der Waals surface area contributed by atoms with E-state index in [-0.39, 0.29) is 0 Å². The number of rotatable bonds is 4. The van der Waals surface area contributed by atoms with Gasteiger partial charge in [0.2, 0.25) is 0 Å². The minimum absolute atomic E-state index is 0.972. The van der Waals surface area contributed by atoms with Gasteiger partial charge in [-0.3, -0.25) is 4.90 Å². The van der Waals surface area contributed by atoms with Crippen molar-refractivity contribution < 1.29 is 0 Å². The second kappa shape index (κ2) is 6.25. The normalized spacial score (nSPS) is 16.3. The lowest BCUT2D eigenvalue weighted by atomic mass is 10.3. The Labute approximate surface area is 139 Å². The number of fused-ring (bicyclic) bond motifs is 1. The number of hydrogen-bond donors (Lipinski definition) is 0. The van der Waals surface area contributed by atoms with Gasteiger partial charge in [0.15, 0.2) is 0 Å². The Kier molecular flexibility index (Phi) is 3.97. The van der Waals surface area contributed by atoms with E-state index >= 15 is 0 Å². The lowest BCUT2D eigenvalue weighted by molar-refractivity contribution is 0.243. The molecular weight excluding hydrogens is 308 g/mol. The Hall–Kier alpha value is -1.99. The molecule has 0 N–H and O–H groups in total. The van der Waals surface area contributed by atoms with Gasteiger partial charge >= 0.3 is 0 Å². The molecule has 1 saturated heterocycles. The van der Waals surface area contributed by atoms with Gasteiger partial charge in [-0.05, 0) is 18.4 Å². The van der Waals surface area contributed by atoms with Crippen LogP contribution in [0.1, 0.15) is 12.6 Å². The quantitative estimate of drug-likeness (QED) is 0.735. The van der Waals surface area contributed by atoms with E-state index in [0.29, 0.717) is 0 Å². The van der Waals surface area contributed by atoms with Gasteiger partial charge in [-0.15, -0.1) is 11.3 Å². The fraction of sp³-hybridized carbons (Fsp3) is 0.438. The highest BCUT2D eigenvalue weighted by Gasteiger charge is 2.21. The molecule has 0 atom stereocenters. The van der Waals surface area contributed by atoms with Crippen molar-refractivity contribution in [3.63, 3.8) is 0 Å². The molecule has 4 rings (SSSR count). The number of thiophene rings is 1. The molecule has 7 heteroatoms. The maximum atomic E-state index is 4.52. The highest BCUT2D eigenvalue weighted by Crippen LogP contribution is 2.28. The molecule has 4 heterocycles. The Morgan fingerprint density at radius 1 is 1.17 bits per heavy atom. The van der Waals surface area contributed by atoms with Crippen LogP contribution in [0.4, 0.5) is 5.82 Å². The maximum Gasteiger partial charge on any atom is 0.150 e. The Balaban J connectivity index is 1.44. The zero-order valence-corrected chi connectivity index (χ0v) is 14.0. The lowest BCUT2D eigenvalue weighted by Crippen LogP contribution is -2.46. The van der Waals surface area contributed by atoms with Crippen LogP contribution < -0.4 is 4.90 Å². The van der Waals surface area contributed by atoms with Crippen LogP contribution in [0.5, 0.6) is 0 Å². The Morgan fingerprint density at radius 3 is 2.87 bits per heavy atom. The summed E-state index contributed by atoms with van der Waals surface area (Å²) >= 11 is 1.73. The number of piperazine rings is 1. The summed E-state index contributed by atoms with van der Waals surface area (Å²) in [7, 11) is 0. The van der Waals surface area contributed by atoms with Crippen molar-refractivity contribution in [1.29, 1.82) is 0 Å². The van der Waals surface area contributed by atoms with E-state index in [4.69, 9.17) is 0 Å². The summed E-state index contributed by atoms with van der Waals surface area (Å²) in [5, 5.41) is 2.09. The van der Waals surface area contributed by atoms with Crippen LogP contribution >= 0.6 is 11.3 Å². The molecule has 0 amide bonds. The van der Waals surface area contributed by atoms with Crippen LogP contribution in [0.2, 0.25) is 0 Å². The third-order valence-corrected chi connectivity index (χ3v) is 5.32. The summed E-state index contributed by atoms with van der Waals surface area (Å²) in [6.07, 6.45) is 5.58. The van der Waals surface area contributed by atoms with E-state index in [1.54, 1.807) is 17.7 Å². The first-order valence-corrected chi connectivity index (χ1v) is 8.87. The number of aromatic nitrogens is 4. The highest BCUT2D eigenvalue weighted by molar-refractivity contribution is 7.17. The average Bonchev–Trinajstić information content (AvgIpc) is 3.24. The van der Waals surface area contributed by atoms with Crippen LogP contribution in [0.3, 0.4) is 0 Å². The number of nitrogens with zero attached hydrogens (tertiary/aromatic N) is 6. The molecule has 0 aromatic carbocycles. The van der Waals surface area contributed by atoms with Gasteiger partial charge in [-0.2, -0.15) is 0 Å². The molecule has 23 heavy (non-hydrogen) atoms. The fourth-order valence-corrected chi connectivity index (χ4v) is 3.97. The van der Waals surface area contributed by atoms with Crippen molar-refractivity contribution in [3.05, 3.63) is 36.0 Å². The smallest absolute Gasteiger partial charge is 0.150 e. The van der Waals surface area contributed by atoms with Crippen molar-refractivity contribution in [2.45, 2.75) is 20.0 Å². The van der Waals surface area contributed by atoms with Crippen LogP contribution in [-0.2, 0) is 13.1 Å². The van der Waals surface area contributed by atoms with Gasteiger partial charge in [0.05, 0.1) is 22.2 Å². The third-order valence-electron chi connectivity index (χ3n) is 4.42. The predicted molar refractivity (Wildman–Crippen MR) is 92.8 cm³/mol. The number of imidazole rings is 1. The monoisotopic (exact) mass is 328 g/mol. The molecule has 1 fully saturated rings. The summed E-state index contributed by atoms with van der Waals surface area (Å²) < 4.78 is 3.41. The number of anilines is 1. The minimum Gasteiger partial charge on any atom is -0.353 e. The van der Waals surface area contributed by atoms with Gasteiger partial charge in [0, 0.05) is 45.5 Å². The molecule has 0 spiro atoms. The molecular formula is C16H20N6S. The first-order chi connectivity index (χ1) is 11.3. The Bertz CT molecular complexity index is 787. The first-order valence-electron chi connectivity index (χ1n) is 7.99. The summed E-state index contributed by atoms with van der Waals surface area (Å²) in [6, 6.07) is 2.06. The molecule has 0 aliphatic carbocycles.